The highest BCUT2D eigenvalue weighted by Gasteiger charge is 2.32. The first-order valence-electron chi connectivity index (χ1n) is 6.71. The summed E-state index contributed by atoms with van der Waals surface area (Å²) in [6.07, 6.45) is 7.21. The smallest absolute Gasteiger partial charge is 0.328 e. The van der Waals surface area contributed by atoms with Crippen LogP contribution in [0.2, 0.25) is 0 Å². The van der Waals surface area contributed by atoms with Crippen LogP contribution < -0.4 is 4.90 Å². The standard InChI is InChI=1S/C14H14N4O2S/c15-6-1-7-17(10-2-3-10)13-11(4-5-12(19)20)18-8-9-21-14(18)16-13/h4-5,8-10H,1-3,7H2,(H,19,20). The molecule has 0 amide bonds. The van der Waals surface area contributed by atoms with Gasteiger partial charge >= 0.3 is 5.97 Å². The first kappa shape index (κ1) is 13.6. The number of hydrogen-bond acceptors (Lipinski definition) is 5. The molecule has 1 N–H and O–H groups in total. The highest BCUT2D eigenvalue weighted by atomic mass is 32.1. The molecule has 0 atom stereocenters. The van der Waals surface area contributed by atoms with Crippen molar-refractivity contribution in [2.45, 2.75) is 25.3 Å². The summed E-state index contributed by atoms with van der Waals surface area (Å²) in [4.78, 5) is 18.4. The van der Waals surface area contributed by atoms with Gasteiger partial charge in [-0.2, -0.15) is 5.26 Å². The van der Waals surface area contributed by atoms with Gasteiger partial charge in [0.15, 0.2) is 10.8 Å². The number of nitrogens with zero attached hydrogens (tertiary/aromatic N) is 4. The van der Waals surface area contributed by atoms with Crippen LogP contribution >= 0.6 is 11.3 Å². The lowest BCUT2D eigenvalue weighted by Crippen LogP contribution is -2.27. The van der Waals surface area contributed by atoms with Gasteiger partial charge in [-0.25, -0.2) is 9.78 Å². The first-order valence-corrected chi connectivity index (χ1v) is 7.59. The number of hydrogen-bond donors (Lipinski definition) is 1. The van der Waals surface area contributed by atoms with Crippen LogP contribution in [0.25, 0.3) is 11.0 Å². The largest absolute Gasteiger partial charge is 0.478 e. The summed E-state index contributed by atoms with van der Waals surface area (Å²) in [7, 11) is 0. The number of carboxylic acids is 1. The van der Waals surface area contributed by atoms with Crippen LogP contribution in [0.5, 0.6) is 0 Å². The van der Waals surface area contributed by atoms with Crippen LogP contribution in [0.4, 0.5) is 5.82 Å². The number of fused-ring (bicyclic) bond motifs is 1. The zero-order valence-electron chi connectivity index (χ0n) is 11.3. The molecule has 1 aliphatic carbocycles. The predicted molar refractivity (Wildman–Crippen MR) is 80.3 cm³/mol. The van der Waals surface area contributed by atoms with Gasteiger partial charge in [0.05, 0.1) is 18.2 Å². The van der Waals surface area contributed by atoms with E-state index >= 15 is 0 Å². The monoisotopic (exact) mass is 302 g/mol. The van der Waals surface area contributed by atoms with E-state index < -0.39 is 5.97 Å². The summed E-state index contributed by atoms with van der Waals surface area (Å²) in [5.41, 5.74) is 0.762. The molecule has 3 rings (SSSR count). The zero-order chi connectivity index (χ0) is 14.8. The molecular formula is C14H14N4O2S. The predicted octanol–water partition coefficient (Wildman–Crippen LogP) is 2.38. The average Bonchev–Trinajstić information content (AvgIpc) is 3.08. The third-order valence-corrected chi connectivity index (χ3v) is 4.14. The molecule has 0 aromatic carbocycles. The molecule has 2 heterocycles. The fourth-order valence-electron chi connectivity index (χ4n) is 2.33. The SMILES string of the molecule is N#CCCN(c1nc2sccn2c1C=CC(=O)O)C1CC1. The number of carboxylic acid groups (broad SMARTS) is 1. The zero-order valence-corrected chi connectivity index (χ0v) is 12.1. The van der Waals surface area contributed by atoms with Crippen molar-refractivity contribution in [3.8, 4) is 6.07 Å². The number of imidazole rings is 1. The van der Waals surface area contributed by atoms with E-state index in [1.807, 2.05) is 16.0 Å². The number of thiazole rings is 1. The quantitative estimate of drug-likeness (QED) is 0.828. The van der Waals surface area contributed by atoms with E-state index in [4.69, 9.17) is 10.4 Å². The second-order valence-corrected chi connectivity index (χ2v) is 5.75. The van der Waals surface area contributed by atoms with Gasteiger partial charge in [0.25, 0.3) is 0 Å². The van der Waals surface area contributed by atoms with Crippen LogP contribution in [-0.4, -0.2) is 33.0 Å². The molecular weight excluding hydrogens is 288 g/mol. The Labute approximate surface area is 125 Å². The Kier molecular flexibility index (Phi) is 3.62. The van der Waals surface area contributed by atoms with Gasteiger partial charge in [-0.15, -0.1) is 11.3 Å². The van der Waals surface area contributed by atoms with E-state index in [0.29, 0.717) is 19.0 Å². The second kappa shape index (κ2) is 5.58. The molecule has 7 heteroatoms. The maximum Gasteiger partial charge on any atom is 0.328 e. The fourth-order valence-corrected chi connectivity index (χ4v) is 3.04. The number of nitriles is 1. The Morgan fingerprint density at radius 2 is 2.48 bits per heavy atom. The Morgan fingerprint density at radius 3 is 3.14 bits per heavy atom. The lowest BCUT2D eigenvalue weighted by molar-refractivity contribution is -0.131. The number of aliphatic carboxylic acids is 1. The number of carbonyl (C=O) groups is 1. The van der Waals surface area contributed by atoms with Crippen LogP contribution in [0, 0.1) is 11.3 Å². The maximum atomic E-state index is 10.8. The van der Waals surface area contributed by atoms with Gasteiger partial charge in [0.2, 0.25) is 0 Å². The van der Waals surface area contributed by atoms with E-state index in [9.17, 15) is 4.79 Å². The van der Waals surface area contributed by atoms with E-state index in [1.54, 1.807) is 6.08 Å². The van der Waals surface area contributed by atoms with Crippen molar-refractivity contribution in [1.29, 1.82) is 5.26 Å². The molecule has 0 radical (unpaired) electrons. The van der Waals surface area contributed by atoms with Crippen molar-refractivity contribution in [3.63, 3.8) is 0 Å². The number of aromatic nitrogens is 2. The molecule has 1 aliphatic rings. The first-order chi connectivity index (χ1) is 10.2. The van der Waals surface area contributed by atoms with Crippen LogP contribution in [-0.2, 0) is 4.79 Å². The Bertz CT molecular complexity index is 736. The molecule has 0 spiro atoms. The van der Waals surface area contributed by atoms with Gasteiger partial charge in [-0.05, 0) is 18.9 Å². The number of anilines is 1. The summed E-state index contributed by atoms with van der Waals surface area (Å²) < 4.78 is 1.89. The molecule has 0 unspecified atom stereocenters. The molecule has 0 aliphatic heterocycles. The lowest BCUT2D eigenvalue weighted by atomic mass is 10.3. The Hall–Kier alpha value is -2.33. The van der Waals surface area contributed by atoms with Crippen molar-refractivity contribution in [2.24, 2.45) is 0 Å². The van der Waals surface area contributed by atoms with Gasteiger partial charge in [-0.1, -0.05) is 0 Å². The molecule has 6 nitrogen and oxygen atoms in total. The lowest BCUT2D eigenvalue weighted by Gasteiger charge is -2.21. The minimum atomic E-state index is -0.985. The van der Waals surface area contributed by atoms with Gasteiger partial charge in [0.1, 0.15) is 0 Å². The highest BCUT2D eigenvalue weighted by Crippen LogP contribution is 2.35. The Balaban J connectivity index is 2.03. The van der Waals surface area contributed by atoms with Crippen LogP contribution in [0.3, 0.4) is 0 Å². The minimum Gasteiger partial charge on any atom is -0.478 e. The molecule has 0 bridgehead atoms. The molecule has 2 aromatic heterocycles. The van der Waals surface area contributed by atoms with Crippen LogP contribution in [0.15, 0.2) is 17.7 Å². The molecule has 0 saturated heterocycles. The normalized spacial score (nSPS) is 14.6. The van der Waals surface area contributed by atoms with E-state index in [-0.39, 0.29) is 0 Å². The molecule has 108 valence electrons. The van der Waals surface area contributed by atoms with Gasteiger partial charge < -0.3 is 10.0 Å². The Morgan fingerprint density at radius 1 is 1.67 bits per heavy atom. The maximum absolute atomic E-state index is 10.8. The topological polar surface area (TPSA) is 81.6 Å². The summed E-state index contributed by atoms with van der Waals surface area (Å²) >= 11 is 1.51. The fraction of sp³-hybridized carbons (Fsp3) is 0.357. The van der Waals surface area contributed by atoms with Crippen molar-refractivity contribution < 1.29 is 9.90 Å². The summed E-state index contributed by atoms with van der Waals surface area (Å²) in [5, 5.41) is 19.6. The molecule has 1 saturated carbocycles. The highest BCUT2D eigenvalue weighted by molar-refractivity contribution is 7.15. The molecule has 21 heavy (non-hydrogen) atoms. The summed E-state index contributed by atoms with van der Waals surface area (Å²) in [6, 6.07) is 2.58. The van der Waals surface area contributed by atoms with Gasteiger partial charge in [0, 0.05) is 30.2 Å². The van der Waals surface area contributed by atoms with E-state index in [0.717, 1.165) is 35.4 Å². The van der Waals surface area contributed by atoms with Crippen molar-refractivity contribution in [2.75, 3.05) is 11.4 Å². The van der Waals surface area contributed by atoms with E-state index in [1.165, 1.54) is 11.3 Å². The van der Waals surface area contributed by atoms with Gasteiger partial charge in [-0.3, -0.25) is 4.40 Å². The molecule has 1 fully saturated rings. The number of rotatable bonds is 6. The van der Waals surface area contributed by atoms with E-state index in [2.05, 4.69) is 16.0 Å². The molecule has 2 aromatic rings. The second-order valence-electron chi connectivity index (χ2n) is 4.88. The average molecular weight is 302 g/mol. The minimum absolute atomic E-state index is 0.417. The third-order valence-electron chi connectivity index (χ3n) is 3.39. The summed E-state index contributed by atoms with van der Waals surface area (Å²) in [6.45, 7) is 0.625. The summed E-state index contributed by atoms with van der Waals surface area (Å²) in [5.74, 6) is -0.210. The third kappa shape index (κ3) is 2.76. The van der Waals surface area contributed by atoms with Crippen molar-refractivity contribution in [1.82, 2.24) is 9.38 Å². The van der Waals surface area contributed by atoms with Crippen molar-refractivity contribution >= 4 is 34.2 Å². The van der Waals surface area contributed by atoms with Crippen molar-refractivity contribution in [3.05, 3.63) is 23.3 Å². The van der Waals surface area contributed by atoms with Crippen LogP contribution in [0.1, 0.15) is 25.0 Å².